The number of ether oxygens (including phenoxy) is 1. The molecule has 1 amide bonds. The van der Waals surface area contributed by atoms with Crippen molar-refractivity contribution < 1.29 is 9.53 Å². The van der Waals surface area contributed by atoms with Crippen LogP contribution in [-0.2, 0) is 0 Å². The van der Waals surface area contributed by atoms with Crippen molar-refractivity contribution in [1.82, 2.24) is 19.9 Å². The van der Waals surface area contributed by atoms with Gasteiger partial charge in [0.15, 0.2) is 5.65 Å². The van der Waals surface area contributed by atoms with Gasteiger partial charge < -0.3 is 21.1 Å². The lowest BCUT2D eigenvalue weighted by atomic mass is 10.1. The minimum absolute atomic E-state index is 0.364. The van der Waals surface area contributed by atoms with Gasteiger partial charge in [-0.05, 0) is 23.8 Å². The Morgan fingerprint density at radius 2 is 2.16 bits per heavy atom. The fourth-order valence-electron chi connectivity index (χ4n) is 2.82. The zero-order valence-electron chi connectivity index (χ0n) is 13.5. The molecule has 0 aliphatic carbocycles. The third-order valence-corrected chi connectivity index (χ3v) is 4.07. The Morgan fingerprint density at radius 3 is 3.04 bits per heavy atom. The lowest BCUT2D eigenvalue weighted by molar-refractivity contribution is 0.0996. The molecule has 8 nitrogen and oxygen atoms in total. The molecule has 3 heterocycles. The molecule has 0 radical (unpaired) electrons. The zero-order valence-corrected chi connectivity index (χ0v) is 13.5. The summed E-state index contributed by atoms with van der Waals surface area (Å²) in [6, 6.07) is 7.21. The average molecular weight is 338 g/mol. The highest BCUT2D eigenvalue weighted by atomic mass is 16.5. The maximum Gasteiger partial charge on any atom is 0.252 e. The van der Waals surface area contributed by atoms with Gasteiger partial charge in [-0.15, -0.1) is 0 Å². The quantitative estimate of drug-likeness (QED) is 0.608. The second kappa shape index (κ2) is 6.40. The van der Waals surface area contributed by atoms with Crippen LogP contribution in [-0.4, -0.2) is 46.7 Å². The van der Waals surface area contributed by atoms with E-state index < -0.39 is 5.91 Å². The number of nitrogens with one attached hydrogen (secondary N) is 2. The molecule has 0 atom stereocenters. The summed E-state index contributed by atoms with van der Waals surface area (Å²) in [7, 11) is 0. The van der Waals surface area contributed by atoms with Crippen LogP contribution in [0.5, 0.6) is 5.75 Å². The number of carbonyl (C=O) groups is 1. The van der Waals surface area contributed by atoms with Crippen LogP contribution >= 0.6 is 0 Å². The summed E-state index contributed by atoms with van der Waals surface area (Å²) in [6.45, 7) is 2.61. The van der Waals surface area contributed by atoms with Crippen molar-refractivity contribution in [3.05, 3.63) is 42.2 Å². The van der Waals surface area contributed by atoms with E-state index in [-0.39, 0.29) is 0 Å². The molecule has 0 saturated carbocycles. The van der Waals surface area contributed by atoms with Crippen LogP contribution < -0.4 is 21.1 Å². The molecular formula is C17H18N6O2. The molecule has 1 aromatic carbocycles. The molecule has 128 valence electrons. The molecule has 0 spiro atoms. The molecule has 4 N–H and O–H groups in total. The maximum absolute atomic E-state index is 11.7. The van der Waals surface area contributed by atoms with Crippen LogP contribution in [0.3, 0.4) is 0 Å². The lowest BCUT2D eigenvalue weighted by Gasteiger charge is -2.13. The van der Waals surface area contributed by atoms with Crippen LogP contribution in [0.1, 0.15) is 10.4 Å². The molecule has 0 fully saturated rings. The molecule has 8 heteroatoms. The zero-order chi connectivity index (χ0) is 17.2. The number of benzene rings is 1. The van der Waals surface area contributed by atoms with Gasteiger partial charge in [0.2, 0.25) is 0 Å². The summed E-state index contributed by atoms with van der Waals surface area (Å²) in [5.41, 5.74) is 8.28. The Morgan fingerprint density at radius 1 is 1.24 bits per heavy atom. The molecule has 1 aliphatic heterocycles. The van der Waals surface area contributed by atoms with Crippen molar-refractivity contribution in [3.8, 4) is 16.9 Å². The van der Waals surface area contributed by atoms with Gasteiger partial charge in [-0.3, -0.25) is 4.79 Å². The first kappa shape index (κ1) is 15.4. The molecule has 4 rings (SSSR count). The predicted molar refractivity (Wildman–Crippen MR) is 93.8 cm³/mol. The molecule has 1 aliphatic rings. The highest BCUT2D eigenvalue weighted by molar-refractivity contribution is 5.96. The normalized spacial score (nSPS) is 14.6. The highest BCUT2D eigenvalue weighted by Gasteiger charge is 2.15. The fraction of sp³-hybridized carbons (Fsp3) is 0.235. The number of amides is 1. The SMILES string of the molecule is NC(=O)c1ccc2cc1OCCNCCNc1ccn3ncc-2c3n1. The fourth-order valence-corrected chi connectivity index (χ4v) is 2.82. The summed E-state index contributed by atoms with van der Waals surface area (Å²) in [5, 5.41) is 10.9. The van der Waals surface area contributed by atoms with E-state index in [1.165, 1.54) is 0 Å². The number of hydrogen-bond donors (Lipinski definition) is 3. The maximum atomic E-state index is 11.7. The van der Waals surface area contributed by atoms with Crippen LogP contribution in [0.25, 0.3) is 16.8 Å². The minimum Gasteiger partial charge on any atom is -0.491 e. The minimum atomic E-state index is -0.514. The summed E-state index contributed by atoms with van der Waals surface area (Å²) >= 11 is 0. The largest absolute Gasteiger partial charge is 0.491 e. The third kappa shape index (κ3) is 2.99. The first-order valence-corrected chi connectivity index (χ1v) is 8.08. The first-order valence-electron chi connectivity index (χ1n) is 8.08. The molecule has 25 heavy (non-hydrogen) atoms. The van der Waals surface area contributed by atoms with E-state index in [9.17, 15) is 4.79 Å². The van der Waals surface area contributed by atoms with Crippen molar-refractivity contribution in [2.24, 2.45) is 5.73 Å². The van der Waals surface area contributed by atoms with Crippen molar-refractivity contribution in [2.45, 2.75) is 0 Å². The number of nitrogens with zero attached hydrogens (tertiary/aromatic N) is 3. The van der Waals surface area contributed by atoms with Gasteiger partial charge in [0.25, 0.3) is 5.91 Å². The number of carbonyl (C=O) groups excluding carboxylic acids is 1. The Hall–Kier alpha value is -3.13. The van der Waals surface area contributed by atoms with E-state index in [1.807, 2.05) is 24.4 Å². The monoisotopic (exact) mass is 338 g/mol. The number of rotatable bonds is 1. The number of anilines is 1. The summed E-state index contributed by atoms with van der Waals surface area (Å²) < 4.78 is 7.50. The Labute approximate surface area is 144 Å². The number of fused-ring (bicyclic) bond motifs is 4. The van der Waals surface area contributed by atoms with Gasteiger partial charge in [0, 0.05) is 31.4 Å². The third-order valence-electron chi connectivity index (χ3n) is 4.07. The van der Waals surface area contributed by atoms with Crippen molar-refractivity contribution >= 4 is 17.4 Å². The Kier molecular flexibility index (Phi) is 3.95. The van der Waals surface area contributed by atoms with E-state index in [0.29, 0.717) is 24.5 Å². The Balaban J connectivity index is 1.86. The number of nitrogens with two attached hydrogens (primary N) is 1. The second-order valence-corrected chi connectivity index (χ2v) is 5.74. The topological polar surface area (TPSA) is 107 Å². The molecular weight excluding hydrogens is 320 g/mol. The lowest BCUT2D eigenvalue weighted by Crippen LogP contribution is -2.27. The summed E-state index contributed by atoms with van der Waals surface area (Å²) in [6.07, 6.45) is 3.62. The number of primary amides is 1. The smallest absolute Gasteiger partial charge is 0.252 e. The van der Waals surface area contributed by atoms with Crippen LogP contribution in [0.15, 0.2) is 36.7 Å². The van der Waals surface area contributed by atoms with E-state index in [4.69, 9.17) is 10.5 Å². The molecule has 0 saturated heterocycles. The standard InChI is InChI=1S/C17H18N6O2/c18-16(24)12-2-1-11-9-14(12)25-8-6-19-4-5-20-15-3-7-23-17(22-15)13(11)10-21-23/h1-3,7,9-10,19H,4-6,8H2,(H2,18,24)(H,20,22). The molecule has 3 aromatic rings. The van der Waals surface area contributed by atoms with Crippen LogP contribution in [0.4, 0.5) is 5.82 Å². The molecule has 0 unspecified atom stereocenters. The second-order valence-electron chi connectivity index (χ2n) is 5.74. The number of aromatic nitrogens is 3. The van der Waals surface area contributed by atoms with Crippen molar-refractivity contribution in [2.75, 3.05) is 31.6 Å². The van der Waals surface area contributed by atoms with Crippen molar-refractivity contribution in [3.63, 3.8) is 0 Å². The van der Waals surface area contributed by atoms with Crippen LogP contribution in [0.2, 0.25) is 0 Å². The summed E-state index contributed by atoms with van der Waals surface area (Å²) in [5.74, 6) is 0.746. The molecule has 4 bridgehead atoms. The van der Waals surface area contributed by atoms with Gasteiger partial charge in [0.05, 0.1) is 11.8 Å². The van der Waals surface area contributed by atoms with Crippen LogP contribution in [0, 0.1) is 0 Å². The summed E-state index contributed by atoms with van der Waals surface area (Å²) in [4.78, 5) is 16.3. The molecule has 2 aromatic heterocycles. The van der Waals surface area contributed by atoms with E-state index in [1.54, 1.807) is 16.8 Å². The van der Waals surface area contributed by atoms with Gasteiger partial charge in [-0.1, -0.05) is 6.07 Å². The van der Waals surface area contributed by atoms with Gasteiger partial charge in [-0.25, -0.2) is 9.50 Å². The first-order chi connectivity index (χ1) is 12.2. The van der Waals surface area contributed by atoms with E-state index >= 15 is 0 Å². The Bertz CT molecular complexity index is 936. The van der Waals surface area contributed by atoms with E-state index in [2.05, 4.69) is 20.7 Å². The average Bonchev–Trinajstić information content (AvgIpc) is 3.03. The number of hydrogen-bond acceptors (Lipinski definition) is 6. The van der Waals surface area contributed by atoms with Gasteiger partial charge >= 0.3 is 0 Å². The predicted octanol–water partition coefficient (Wildman–Crippen LogP) is 0.889. The highest BCUT2D eigenvalue weighted by Crippen LogP contribution is 2.30. The van der Waals surface area contributed by atoms with E-state index in [0.717, 1.165) is 35.7 Å². The van der Waals surface area contributed by atoms with Gasteiger partial charge in [0.1, 0.15) is 18.2 Å². The van der Waals surface area contributed by atoms with Gasteiger partial charge in [-0.2, -0.15) is 5.10 Å². The van der Waals surface area contributed by atoms with Crippen molar-refractivity contribution in [1.29, 1.82) is 0 Å².